The van der Waals surface area contributed by atoms with Crippen molar-refractivity contribution in [2.45, 2.75) is 20.3 Å². The van der Waals surface area contributed by atoms with Crippen LogP contribution in [0.3, 0.4) is 0 Å². The Hall–Kier alpha value is -2.04. The van der Waals surface area contributed by atoms with Gasteiger partial charge in [0.15, 0.2) is 5.82 Å². The highest BCUT2D eigenvalue weighted by Crippen LogP contribution is 2.27. The van der Waals surface area contributed by atoms with Crippen molar-refractivity contribution in [2.75, 3.05) is 5.32 Å². The van der Waals surface area contributed by atoms with Gasteiger partial charge in [0.25, 0.3) is 0 Å². The summed E-state index contributed by atoms with van der Waals surface area (Å²) in [5.74, 6) is 0.0748. The van der Waals surface area contributed by atoms with E-state index >= 15 is 0 Å². The summed E-state index contributed by atoms with van der Waals surface area (Å²) in [5, 5.41) is 4.38. The maximum Gasteiger partial charge on any atom is 0.230 e. The van der Waals surface area contributed by atoms with E-state index in [0.29, 0.717) is 15.9 Å². The highest BCUT2D eigenvalue weighted by Gasteiger charge is 2.14. The first-order chi connectivity index (χ1) is 10.9. The first-order valence-corrected chi connectivity index (χ1v) is 7.78. The molecule has 118 valence electrons. The number of fused-ring (bicyclic) bond motifs is 1. The van der Waals surface area contributed by atoms with E-state index < -0.39 is 0 Å². The minimum atomic E-state index is -0.218. The second-order valence-electron chi connectivity index (χ2n) is 5.42. The van der Waals surface area contributed by atoms with Crippen molar-refractivity contribution in [1.82, 2.24) is 4.98 Å². The van der Waals surface area contributed by atoms with Gasteiger partial charge in [0.05, 0.1) is 22.7 Å². The molecule has 0 aliphatic heterocycles. The SMILES string of the molecule is Cc1cc(C)c2c(CC(=O)Nc3ncc(Cl)cc3Cl)coc2c1. The van der Waals surface area contributed by atoms with Crippen molar-refractivity contribution in [1.29, 1.82) is 0 Å². The van der Waals surface area contributed by atoms with Crippen LogP contribution in [0.1, 0.15) is 16.7 Å². The van der Waals surface area contributed by atoms with E-state index in [2.05, 4.69) is 16.4 Å². The second-order valence-corrected chi connectivity index (χ2v) is 6.27. The molecule has 3 rings (SSSR count). The van der Waals surface area contributed by atoms with E-state index in [1.54, 1.807) is 6.26 Å². The van der Waals surface area contributed by atoms with Crippen molar-refractivity contribution in [3.63, 3.8) is 0 Å². The number of carbonyl (C=O) groups is 1. The van der Waals surface area contributed by atoms with E-state index in [1.807, 2.05) is 19.9 Å². The van der Waals surface area contributed by atoms with E-state index in [9.17, 15) is 4.79 Å². The fourth-order valence-corrected chi connectivity index (χ4v) is 3.04. The van der Waals surface area contributed by atoms with Gasteiger partial charge in [-0.3, -0.25) is 4.79 Å². The van der Waals surface area contributed by atoms with Crippen LogP contribution < -0.4 is 5.32 Å². The third kappa shape index (κ3) is 3.33. The van der Waals surface area contributed by atoms with Gasteiger partial charge in [-0.2, -0.15) is 0 Å². The molecule has 0 aliphatic carbocycles. The summed E-state index contributed by atoms with van der Waals surface area (Å²) in [6.45, 7) is 4.01. The molecular formula is C17H14Cl2N2O2. The molecular weight excluding hydrogens is 335 g/mol. The number of hydrogen-bond acceptors (Lipinski definition) is 3. The van der Waals surface area contributed by atoms with Crippen molar-refractivity contribution >= 4 is 45.9 Å². The number of benzene rings is 1. The molecule has 0 spiro atoms. The number of pyridine rings is 1. The molecule has 6 heteroatoms. The zero-order valence-corrected chi connectivity index (χ0v) is 14.1. The summed E-state index contributed by atoms with van der Waals surface area (Å²) in [7, 11) is 0. The zero-order chi connectivity index (χ0) is 16.6. The molecule has 2 heterocycles. The maximum atomic E-state index is 12.3. The molecule has 0 unspecified atom stereocenters. The number of carbonyl (C=O) groups excluding carboxylic acids is 1. The highest BCUT2D eigenvalue weighted by molar-refractivity contribution is 6.36. The Morgan fingerprint density at radius 2 is 2.04 bits per heavy atom. The van der Waals surface area contributed by atoms with E-state index in [4.69, 9.17) is 27.6 Å². The fourth-order valence-electron chi connectivity index (χ4n) is 2.61. The largest absolute Gasteiger partial charge is 0.464 e. The molecule has 0 radical (unpaired) electrons. The van der Waals surface area contributed by atoms with Crippen LogP contribution in [0.15, 0.2) is 35.1 Å². The number of anilines is 1. The number of nitrogens with zero attached hydrogens (tertiary/aromatic N) is 1. The number of nitrogens with one attached hydrogen (secondary N) is 1. The van der Waals surface area contributed by atoms with Crippen LogP contribution in [0.25, 0.3) is 11.0 Å². The van der Waals surface area contributed by atoms with Crippen LogP contribution in [0.2, 0.25) is 10.0 Å². The number of halogens is 2. The topological polar surface area (TPSA) is 55.1 Å². The minimum absolute atomic E-state index is 0.178. The number of aryl methyl sites for hydroxylation is 2. The molecule has 0 fully saturated rings. The van der Waals surface area contributed by atoms with E-state index in [0.717, 1.165) is 27.7 Å². The van der Waals surface area contributed by atoms with Crippen LogP contribution in [-0.2, 0) is 11.2 Å². The summed E-state index contributed by atoms with van der Waals surface area (Å²) in [4.78, 5) is 16.3. The number of amides is 1. The number of furan rings is 1. The van der Waals surface area contributed by atoms with Gasteiger partial charge in [-0.15, -0.1) is 0 Å². The standard InChI is InChI=1S/C17H14Cl2N2O2/c1-9-3-10(2)16-11(8-23-14(16)4-9)5-15(22)21-17-13(19)6-12(18)7-20-17/h3-4,6-8H,5H2,1-2H3,(H,20,21,22). The molecule has 23 heavy (non-hydrogen) atoms. The van der Waals surface area contributed by atoms with E-state index in [-0.39, 0.29) is 12.3 Å². The van der Waals surface area contributed by atoms with Crippen LogP contribution in [0, 0.1) is 13.8 Å². The van der Waals surface area contributed by atoms with Crippen molar-refractivity contribution in [3.8, 4) is 0 Å². The van der Waals surface area contributed by atoms with Crippen molar-refractivity contribution < 1.29 is 9.21 Å². The highest BCUT2D eigenvalue weighted by atomic mass is 35.5. The molecule has 3 aromatic rings. The summed E-state index contributed by atoms with van der Waals surface area (Å²) in [6.07, 6.45) is 3.23. The summed E-state index contributed by atoms with van der Waals surface area (Å²) in [5.41, 5.74) is 3.82. The summed E-state index contributed by atoms with van der Waals surface area (Å²) in [6, 6.07) is 5.56. The summed E-state index contributed by atoms with van der Waals surface area (Å²) < 4.78 is 5.56. The smallest absolute Gasteiger partial charge is 0.230 e. The minimum Gasteiger partial charge on any atom is -0.464 e. The van der Waals surface area contributed by atoms with Crippen LogP contribution in [0.4, 0.5) is 5.82 Å². The lowest BCUT2D eigenvalue weighted by molar-refractivity contribution is -0.115. The number of aromatic nitrogens is 1. The molecule has 0 bridgehead atoms. The monoisotopic (exact) mass is 348 g/mol. The zero-order valence-electron chi connectivity index (χ0n) is 12.6. The first kappa shape index (κ1) is 15.8. The molecule has 4 nitrogen and oxygen atoms in total. The van der Waals surface area contributed by atoms with Gasteiger partial charge in [0.1, 0.15) is 5.58 Å². The van der Waals surface area contributed by atoms with Gasteiger partial charge < -0.3 is 9.73 Å². The van der Waals surface area contributed by atoms with Crippen LogP contribution in [0.5, 0.6) is 0 Å². The molecule has 2 aromatic heterocycles. The Kier molecular flexibility index (Phi) is 4.28. The van der Waals surface area contributed by atoms with Crippen molar-refractivity contribution in [3.05, 3.63) is 57.4 Å². The first-order valence-electron chi connectivity index (χ1n) is 7.02. The number of hydrogen-bond donors (Lipinski definition) is 1. The molecule has 1 aromatic carbocycles. The molecule has 0 atom stereocenters. The Bertz CT molecular complexity index is 903. The predicted molar refractivity (Wildman–Crippen MR) is 92.3 cm³/mol. The number of rotatable bonds is 3. The molecule has 0 aliphatic rings. The molecule has 1 amide bonds. The molecule has 1 N–H and O–H groups in total. The van der Waals surface area contributed by atoms with Gasteiger partial charge in [0, 0.05) is 17.1 Å². The molecule has 0 saturated carbocycles. The lowest BCUT2D eigenvalue weighted by Gasteiger charge is -2.06. The average molecular weight is 349 g/mol. The second kappa shape index (κ2) is 6.22. The van der Waals surface area contributed by atoms with Gasteiger partial charge in [-0.05, 0) is 37.1 Å². The average Bonchev–Trinajstić information content (AvgIpc) is 2.85. The summed E-state index contributed by atoms with van der Waals surface area (Å²) >= 11 is 11.8. The third-order valence-electron chi connectivity index (χ3n) is 3.51. The maximum absolute atomic E-state index is 12.3. The lowest BCUT2D eigenvalue weighted by Crippen LogP contribution is -2.15. The quantitative estimate of drug-likeness (QED) is 0.729. The van der Waals surface area contributed by atoms with Crippen LogP contribution in [-0.4, -0.2) is 10.9 Å². The Morgan fingerprint density at radius 3 is 2.78 bits per heavy atom. The Labute approximate surface area is 143 Å². The van der Waals surface area contributed by atoms with Gasteiger partial charge in [0.2, 0.25) is 5.91 Å². The normalized spacial score (nSPS) is 11.0. The van der Waals surface area contributed by atoms with Gasteiger partial charge >= 0.3 is 0 Å². The predicted octanol–water partition coefficient (Wildman–Crippen LogP) is 4.93. The third-order valence-corrected chi connectivity index (χ3v) is 4.00. The van der Waals surface area contributed by atoms with Crippen LogP contribution >= 0.6 is 23.2 Å². The van der Waals surface area contributed by atoms with Gasteiger partial charge in [-0.25, -0.2) is 4.98 Å². The Balaban J connectivity index is 1.83. The van der Waals surface area contributed by atoms with Crippen molar-refractivity contribution in [2.24, 2.45) is 0 Å². The van der Waals surface area contributed by atoms with Gasteiger partial charge in [-0.1, -0.05) is 29.3 Å². The Morgan fingerprint density at radius 1 is 1.26 bits per heavy atom. The molecule has 0 saturated heterocycles. The fraction of sp³-hybridized carbons (Fsp3) is 0.176. The van der Waals surface area contributed by atoms with E-state index in [1.165, 1.54) is 12.3 Å². The lowest BCUT2D eigenvalue weighted by atomic mass is 10.0.